The molecule has 1 heterocycles. The van der Waals surface area contributed by atoms with Crippen molar-refractivity contribution in [3.8, 4) is 0 Å². The third-order valence-corrected chi connectivity index (χ3v) is 2.10. The first-order valence-electron chi connectivity index (χ1n) is 4.35. The van der Waals surface area contributed by atoms with E-state index in [0.29, 0.717) is 24.2 Å². The lowest BCUT2D eigenvalue weighted by Crippen LogP contribution is -2.15. The van der Waals surface area contributed by atoms with Crippen LogP contribution in [0.5, 0.6) is 0 Å². The molecular weight excluding hydrogens is 250 g/mol. The number of carboxylic acids is 1. The molecule has 0 aliphatic carbocycles. The Morgan fingerprint density at radius 3 is 2.93 bits per heavy atom. The summed E-state index contributed by atoms with van der Waals surface area (Å²) in [7, 11) is 0. The van der Waals surface area contributed by atoms with E-state index in [9.17, 15) is 4.79 Å². The number of hydrogen-bond donors (Lipinski definition) is 2. The Kier molecular flexibility index (Phi) is 4.69. The molecule has 78 valence electrons. The van der Waals surface area contributed by atoms with Gasteiger partial charge in [-0.15, -0.1) is 0 Å². The molecule has 1 aromatic rings. The Morgan fingerprint density at radius 1 is 1.57 bits per heavy atom. The number of furan rings is 1. The van der Waals surface area contributed by atoms with Crippen LogP contribution in [0.2, 0.25) is 0 Å². The first kappa shape index (κ1) is 11.3. The zero-order valence-electron chi connectivity index (χ0n) is 7.62. The summed E-state index contributed by atoms with van der Waals surface area (Å²) in [5.74, 6) is 0.0831. The molecular formula is C9H12BrNO3. The third kappa shape index (κ3) is 4.43. The van der Waals surface area contributed by atoms with E-state index in [2.05, 4.69) is 21.2 Å². The first-order valence-corrected chi connectivity index (χ1v) is 5.14. The second-order valence-electron chi connectivity index (χ2n) is 2.88. The average molecular weight is 262 g/mol. The van der Waals surface area contributed by atoms with Crippen LogP contribution < -0.4 is 5.32 Å². The summed E-state index contributed by atoms with van der Waals surface area (Å²) in [6.07, 6.45) is 0.839. The summed E-state index contributed by atoms with van der Waals surface area (Å²) in [5.41, 5.74) is 0. The predicted octanol–water partition coefficient (Wildman–Crippen LogP) is 2.00. The fraction of sp³-hybridized carbons (Fsp3) is 0.444. The highest BCUT2D eigenvalue weighted by Crippen LogP contribution is 2.13. The van der Waals surface area contributed by atoms with Gasteiger partial charge in [-0.3, -0.25) is 4.79 Å². The maximum absolute atomic E-state index is 10.2. The van der Waals surface area contributed by atoms with Crippen molar-refractivity contribution in [3.05, 3.63) is 22.6 Å². The van der Waals surface area contributed by atoms with E-state index < -0.39 is 5.97 Å². The van der Waals surface area contributed by atoms with Crippen LogP contribution in [-0.4, -0.2) is 17.6 Å². The van der Waals surface area contributed by atoms with Crippen LogP contribution in [0.25, 0.3) is 0 Å². The highest BCUT2D eigenvalue weighted by molar-refractivity contribution is 9.10. The van der Waals surface area contributed by atoms with Gasteiger partial charge in [-0.2, -0.15) is 0 Å². The molecule has 0 spiro atoms. The van der Waals surface area contributed by atoms with Crippen molar-refractivity contribution in [1.29, 1.82) is 0 Å². The van der Waals surface area contributed by atoms with Gasteiger partial charge in [-0.1, -0.05) is 0 Å². The SMILES string of the molecule is O=C(O)CCCNCc1ccc(Br)o1. The number of hydrogen-bond acceptors (Lipinski definition) is 3. The van der Waals surface area contributed by atoms with Gasteiger partial charge in [0.05, 0.1) is 6.54 Å². The minimum Gasteiger partial charge on any atom is -0.481 e. The maximum Gasteiger partial charge on any atom is 0.303 e. The summed E-state index contributed by atoms with van der Waals surface area (Å²) in [6, 6.07) is 3.70. The summed E-state index contributed by atoms with van der Waals surface area (Å²) in [6.45, 7) is 1.32. The van der Waals surface area contributed by atoms with Crippen molar-refractivity contribution >= 4 is 21.9 Å². The van der Waals surface area contributed by atoms with Gasteiger partial charge in [0.2, 0.25) is 0 Å². The zero-order valence-corrected chi connectivity index (χ0v) is 9.21. The van der Waals surface area contributed by atoms with E-state index in [1.165, 1.54) is 0 Å². The summed E-state index contributed by atoms with van der Waals surface area (Å²) >= 11 is 3.20. The average Bonchev–Trinajstić information content (AvgIpc) is 2.50. The minimum absolute atomic E-state index is 0.203. The van der Waals surface area contributed by atoms with Crippen molar-refractivity contribution in [1.82, 2.24) is 5.32 Å². The Balaban J connectivity index is 2.07. The molecule has 0 aliphatic rings. The number of carbonyl (C=O) groups is 1. The number of rotatable bonds is 6. The highest BCUT2D eigenvalue weighted by Gasteiger charge is 1.99. The van der Waals surface area contributed by atoms with Gasteiger partial charge in [0, 0.05) is 6.42 Å². The molecule has 0 saturated heterocycles. The van der Waals surface area contributed by atoms with Crippen LogP contribution in [0.15, 0.2) is 21.2 Å². The molecule has 0 aliphatic heterocycles. The Labute approximate surface area is 90.4 Å². The summed E-state index contributed by atoms with van der Waals surface area (Å²) in [4.78, 5) is 10.2. The second-order valence-corrected chi connectivity index (χ2v) is 3.66. The van der Waals surface area contributed by atoms with Gasteiger partial charge in [0.15, 0.2) is 4.67 Å². The molecule has 1 aromatic heterocycles. The quantitative estimate of drug-likeness (QED) is 0.769. The molecule has 0 amide bonds. The Hall–Kier alpha value is -0.810. The van der Waals surface area contributed by atoms with E-state index in [1.807, 2.05) is 12.1 Å². The molecule has 0 radical (unpaired) electrons. The van der Waals surface area contributed by atoms with E-state index >= 15 is 0 Å². The van der Waals surface area contributed by atoms with Crippen molar-refractivity contribution in [2.45, 2.75) is 19.4 Å². The fourth-order valence-electron chi connectivity index (χ4n) is 1.02. The van der Waals surface area contributed by atoms with Gasteiger partial charge in [-0.05, 0) is 41.0 Å². The molecule has 0 fully saturated rings. The van der Waals surface area contributed by atoms with Gasteiger partial charge >= 0.3 is 5.97 Å². The van der Waals surface area contributed by atoms with E-state index in [0.717, 1.165) is 5.76 Å². The molecule has 0 atom stereocenters. The minimum atomic E-state index is -0.757. The van der Waals surface area contributed by atoms with Crippen molar-refractivity contribution in [3.63, 3.8) is 0 Å². The van der Waals surface area contributed by atoms with Crippen molar-refractivity contribution in [2.75, 3.05) is 6.54 Å². The van der Waals surface area contributed by atoms with E-state index in [-0.39, 0.29) is 6.42 Å². The van der Waals surface area contributed by atoms with Gasteiger partial charge in [0.1, 0.15) is 5.76 Å². The first-order chi connectivity index (χ1) is 6.68. The lowest BCUT2D eigenvalue weighted by molar-refractivity contribution is -0.137. The van der Waals surface area contributed by atoms with Crippen LogP contribution in [0.3, 0.4) is 0 Å². The maximum atomic E-state index is 10.2. The molecule has 0 unspecified atom stereocenters. The van der Waals surface area contributed by atoms with Crippen LogP contribution >= 0.6 is 15.9 Å². The molecule has 5 heteroatoms. The predicted molar refractivity (Wildman–Crippen MR) is 55.0 cm³/mol. The number of aliphatic carboxylic acids is 1. The van der Waals surface area contributed by atoms with E-state index in [4.69, 9.17) is 9.52 Å². The highest BCUT2D eigenvalue weighted by atomic mass is 79.9. The van der Waals surface area contributed by atoms with Crippen LogP contribution in [-0.2, 0) is 11.3 Å². The molecule has 1 rings (SSSR count). The van der Waals surface area contributed by atoms with Crippen molar-refractivity contribution < 1.29 is 14.3 Å². The van der Waals surface area contributed by atoms with Crippen LogP contribution in [0.1, 0.15) is 18.6 Å². The standard InChI is InChI=1S/C9H12BrNO3/c10-8-4-3-7(14-8)6-11-5-1-2-9(12)13/h3-4,11H,1-2,5-6H2,(H,12,13). The normalized spacial score (nSPS) is 10.4. The Morgan fingerprint density at radius 2 is 2.36 bits per heavy atom. The molecule has 2 N–H and O–H groups in total. The van der Waals surface area contributed by atoms with E-state index in [1.54, 1.807) is 0 Å². The largest absolute Gasteiger partial charge is 0.481 e. The van der Waals surface area contributed by atoms with Crippen molar-refractivity contribution in [2.24, 2.45) is 0 Å². The smallest absolute Gasteiger partial charge is 0.303 e. The fourth-order valence-corrected chi connectivity index (χ4v) is 1.36. The topological polar surface area (TPSA) is 62.5 Å². The summed E-state index contributed by atoms with van der Waals surface area (Å²) in [5, 5.41) is 11.5. The molecule has 14 heavy (non-hydrogen) atoms. The Bertz CT molecular complexity index is 298. The third-order valence-electron chi connectivity index (χ3n) is 1.67. The van der Waals surface area contributed by atoms with Gasteiger partial charge in [-0.25, -0.2) is 0 Å². The molecule has 0 saturated carbocycles. The zero-order chi connectivity index (χ0) is 10.4. The molecule has 0 aromatic carbocycles. The number of halogens is 1. The lowest BCUT2D eigenvalue weighted by Gasteiger charge is -2.00. The monoisotopic (exact) mass is 261 g/mol. The van der Waals surface area contributed by atoms with Crippen LogP contribution in [0, 0.1) is 0 Å². The summed E-state index contributed by atoms with van der Waals surface area (Å²) < 4.78 is 5.96. The number of carboxylic acid groups (broad SMARTS) is 1. The number of nitrogens with one attached hydrogen (secondary N) is 1. The van der Waals surface area contributed by atoms with Crippen LogP contribution in [0.4, 0.5) is 0 Å². The second kappa shape index (κ2) is 5.82. The van der Waals surface area contributed by atoms with Gasteiger partial charge in [0.25, 0.3) is 0 Å². The molecule has 4 nitrogen and oxygen atoms in total. The molecule has 0 bridgehead atoms. The van der Waals surface area contributed by atoms with Gasteiger partial charge < -0.3 is 14.8 Å². The lowest BCUT2D eigenvalue weighted by atomic mass is 10.3.